The topological polar surface area (TPSA) is 30.5 Å². The lowest BCUT2D eigenvalue weighted by atomic mass is 10.2. The minimum Gasteiger partial charge on any atom is -0.494 e. The molecule has 0 saturated carbocycles. The van der Waals surface area contributed by atoms with Crippen molar-refractivity contribution in [2.45, 2.75) is 45.6 Å². The predicted octanol–water partition coefficient (Wildman–Crippen LogP) is 6.83. The maximum atomic E-state index is 6.15. The lowest BCUT2D eigenvalue weighted by molar-refractivity contribution is 0.235. The van der Waals surface area contributed by atoms with E-state index in [2.05, 4.69) is 12.2 Å². The monoisotopic (exact) mass is 395 g/mol. The summed E-state index contributed by atoms with van der Waals surface area (Å²) in [4.78, 5) is 0. The Morgan fingerprint density at radius 1 is 1.04 bits per heavy atom. The highest BCUT2D eigenvalue weighted by molar-refractivity contribution is 6.35. The summed E-state index contributed by atoms with van der Waals surface area (Å²) in [5.41, 5.74) is 1.01. The van der Waals surface area contributed by atoms with Gasteiger partial charge in [-0.3, -0.25) is 0 Å². The SMILES string of the molecule is CCCCCCOc1cccc(NCC(C)Oc2ccc(Cl)cc2Cl)c1. The van der Waals surface area contributed by atoms with E-state index in [1.165, 1.54) is 19.3 Å². The summed E-state index contributed by atoms with van der Waals surface area (Å²) in [7, 11) is 0. The van der Waals surface area contributed by atoms with Gasteiger partial charge in [0.15, 0.2) is 0 Å². The van der Waals surface area contributed by atoms with Gasteiger partial charge in [-0.2, -0.15) is 0 Å². The van der Waals surface area contributed by atoms with E-state index in [4.69, 9.17) is 32.7 Å². The largest absolute Gasteiger partial charge is 0.494 e. The second-order valence-electron chi connectivity index (χ2n) is 6.32. The molecule has 0 saturated heterocycles. The van der Waals surface area contributed by atoms with Gasteiger partial charge in [0.1, 0.15) is 17.6 Å². The second kappa shape index (κ2) is 11.2. The van der Waals surface area contributed by atoms with Crippen molar-refractivity contribution in [3.8, 4) is 11.5 Å². The van der Waals surface area contributed by atoms with Crippen LogP contribution in [0, 0.1) is 0 Å². The molecule has 0 bridgehead atoms. The van der Waals surface area contributed by atoms with E-state index in [1.54, 1.807) is 18.2 Å². The van der Waals surface area contributed by atoms with E-state index in [1.807, 2.05) is 31.2 Å². The third-order valence-electron chi connectivity index (χ3n) is 3.92. The number of unbranched alkanes of at least 4 members (excludes halogenated alkanes) is 3. The first-order valence-corrected chi connectivity index (χ1v) is 9.92. The smallest absolute Gasteiger partial charge is 0.138 e. The zero-order valence-corrected chi connectivity index (χ0v) is 16.9. The van der Waals surface area contributed by atoms with Gasteiger partial charge in [0, 0.05) is 16.8 Å². The minimum absolute atomic E-state index is 0.0488. The van der Waals surface area contributed by atoms with Crippen LogP contribution in [-0.4, -0.2) is 19.3 Å². The fourth-order valence-corrected chi connectivity index (χ4v) is 2.96. The van der Waals surface area contributed by atoms with Gasteiger partial charge < -0.3 is 14.8 Å². The van der Waals surface area contributed by atoms with E-state index < -0.39 is 0 Å². The van der Waals surface area contributed by atoms with E-state index in [-0.39, 0.29) is 6.10 Å². The normalized spacial score (nSPS) is 11.8. The zero-order chi connectivity index (χ0) is 18.8. The van der Waals surface area contributed by atoms with Crippen LogP contribution in [0.1, 0.15) is 39.5 Å². The van der Waals surface area contributed by atoms with Crippen molar-refractivity contribution >= 4 is 28.9 Å². The Kier molecular flexibility index (Phi) is 8.93. The zero-order valence-electron chi connectivity index (χ0n) is 15.4. The molecule has 3 nitrogen and oxygen atoms in total. The highest BCUT2D eigenvalue weighted by atomic mass is 35.5. The molecule has 0 amide bonds. The molecule has 0 radical (unpaired) electrons. The number of rotatable bonds is 11. The van der Waals surface area contributed by atoms with Crippen LogP contribution in [0.2, 0.25) is 10.0 Å². The number of hydrogen-bond acceptors (Lipinski definition) is 3. The Bertz CT molecular complexity index is 679. The molecule has 142 valence electrons. The summed E-state index contributed by atoms with van der Waals surface area (Å²) in [6.07, 6.45) is 4.77. The van der Waals surface area contributed by atoms with Gasteiger partial charge in [-0.05, 0) is 43.7 Å². The highest BCUT2D eigenvalue weighted by Crippen LogP contribution is 2.28. The average Bonchev–Trinajstić information content (AvgIpc) is 2.63. The molecule has 0 aliphatic heterocycles. The molecule has 1 N–H and O–H groups in total. The molecular weight excluding hydrogens is 369 g/mol. The third kappa shape index (κ3) is 7.35. The van der Waals surface area contributed by atoms with Crippen LogP contribution in [0.3, 0.4) is 0 Å². The minimum atomic E-state index is -0.0488. The Balaban J connectivity index is 1.78. The Morgan fingerprint density at radius 3 is 2.65 bits per heavy atom. The molecule has 0 aromatic heterocycles. The van der Waals surface area contributed by atoms with Crippen LogP contribution >= 0.6 is 23.2 Å². The van der Waals surface area contributed by atoms with Crippen molar-refractivity contribution in [3.63, 3.8) is 0 Å². The molecule has 26 heavy (non-hydrogen) atoms. The van der Waals surface area contributed by atoms with Crippen LogP contribution in [0.5, 0.6) is 11.5 Å². The van der Waals surface area contributed by atoms with Crippen molar-refractivity contribution in [3.05, 3.63) is 52.5 Å². The maximum Gasteiger partial charge on any atom is 0.138 e. The van der Waals surface area contributed by atoms with Gasteiger partial charge in [0.05, 0.1) is 18.2 Å². The fraction of sp³-hybridized carbons (Fsp3) is 0.429. The van der Waals surface area contributed by atoms with Crippen LogP contribution in [0.4, 0.5) is 5.69 Å². The molecule has 1 atom stereocenters. The van der Waals surface area contributed by atoms with Gasteiger partial charge in [-0.25, -0.2) is 0 Å². The van der Waals surface area contributed by atoms with Gasteiger partial charge in [0.25, 0.3) is 0 Å². The summed E-state index contributed by atoms with van der Waals surface area (Å²) in [6.45, 7) is 5.62. The van der Waals surface area contributed by atoms with Crippen LogP contribution in [0.15, 0.2) is 42.5 Å². The second-order valence-corrected chi connectivity index (χ2v) is 7.16. The van der Waals surface area contributed by atoms with E-state index in [0.29, 0.717) is 22.3 Å². The first-order chi connectivity index (χ1) is 12.6. The number of benzene rings is 2. The summed E-state index contributed by atoms with van der Waals surface area (Å²) >= 11 is 12.1. The van der Waals surface area contributed by atoms with Crippen LogP contribution < -0.4 is 14.8 Å². The predicted molar refractivity (Wildman–Crippen MR) is 111 cm³/mol. The molecule has 0 fully saturated rings. The van der Waals surface area contributed by atoms with Crippen LogP contribution in [-0.2, 0) is 0 Å². The summed E-state index contributed by atoms with van der Waals surface area (Å²) in [5.74, 6) is 1.52. The fourth-order valence-electron chi connectivity index (χ4n) is 2.51. The number of nitrogens with one attached hydrogen (secondary N) is 1. The maximum absolute atomic E-state index is 6.15. The Morgan fingerprint density at radius 2 is 1.88 bits per heavy atom. The van der Waals surface area contributed by atoms with Crippen molar-refractivity contribution in [2.24, 2.45) is 0 Å². The highest BCUT2D eigenvalue weighted by Gasteiger charge is 2.08. The standard InChI is InChI=1S/C21H27Cl2NO2/c1-3-4-5-6-12-25-19-9-7-8-18(14-19)24-15-16(2)26-21-11-10-17(22)13-20(21)23/h7-11,13-14,16,24H,3-6,12,15H2,1-2H3. The average molecular weight is 396 g/mol. The first kappa shape index (κ1) is 20.7. The Hall–Kier alpha value is -1.58. The molecular formula is C21H27Cl2NO2. The van der Waals surface area contributed by atoms with Gasteiger partial charge in [-0.1, -0.05) is 55.5 Å². The molecule has 0 aliphatic carbocycles. The lowest BCUT2D eigenvalue weighted by Crippen LogP contribution is -2.22. The molecule has 0 spiro atoms. The molecule has 1 unspecified atom stereocenters. The quantitative estimate of drug-likeness (QED) is 0.422. The van der Waals surface area contributed by atoms with Gasteiger partial charge >= 0.3 is 0 Å². The summed E-state index contributed by atoms with van der Waals surface area (Å²) < 4.78 is 11.7. The number of halogens is 2. The van der Waals surface area contributed by atoms with Gasteiger partial charge in [0.2, 0.25) is 0 Å². The molecule has 2 rings (SSSR count). The molecule has 2 aromatic rings. The summed E-state index contributed by atoms with van der Waals surface area (Å²) in [5, 5.41) is 4.49. The van der Waals surface area contributed by atoms with Crippen molar-refractivity contribution < 1.29 is 9.47 Å². The molecule has 0 aliphatic rings. The third-order valence-corrected chi connectivity index (χ3v) is 4.45. The number of hydrogen-bond donors (Lipinski definition) is 1. The van der Waals surface area contributed by atoms with E-state index in [9.17, 15) is 0 Å². The Labute approximate surface area is 166 Å². The molecule has 2 aromatic carbocycles. The van der Waals surface area contributed by atoms with Gasteiger partial charge in [-0.15, -0.1) is 0 Å². The number of anilines is 1. The van der Waals surface area contributed by atoms with E-state index >= 15 is 0 Å². The molecule has 0 heterocycles. The van der Waals surface area contributed by atoms with Crippen molar-refractivity contribution in [2.75, 3.05) is 18.5 Å². The van der Waals surface area contributed by atoms with Crippen LogP contribution in [0.25, 0.3) is 0 Å². The number of ether oxygens (including phenoxy) is 2. The lowest BCUT2D eigenvalue weighted by Gasteiger charge is -2.17. The molecule has 5 heteroatoms. The summed E-state index contributed by atoms with van der Waals surface area (Å²) in [6, 6.07) is 13.2. The van der Waals surface area contributed by atoms with E-state index in [0.717, 1.165) is 24.5 Å². The first-order valence-electron chi connectivity index (χ1n) is 9.17. The van der Waals surface area contributed by atoms with Crippen molar-refractivity contribution in [1.82, 2.24) is 0 Å². The van der Waals surface area contributed by atoms with Crippen molar-refractivity contribution in [1.29, 1.82) is 0 Å².